The summed E-state index contributed by atoms with van der Waals surface area (Å²) in [6.07, 6.45) is 0.636. The second-order valence-electron chi connectivity index (χ2n) is 9.37. The van der Waals surface area contributed by atoms with Crippen LogP contribution < -0.4 is 15.6 Å². The van der Waals surface area contributed by atoms with Gasteiger partial charge in [-0.15, -0.1) is 0 Å². The van der Waals surface area contributed by atoms with Gasteiger partial charge in [0.05, 0.1) is 29.7 Å². The van der Waals surface area contributed by atoms with E-state index in [1.165, 1.54) is 0 Å². The lowest BCUT2D eigenvalue weighted by atomic mass is 10.1. The van der Waals surface area contributed by atoms with E-state index in [0.29, 0.717) is 46.8 Å². The van der Waals surface area contributed by atoms with Gasteiger partial charge in [0.2, 0.25) is 0 Å². The van der Waals surface area contributed by atoms with Crippen molar-refractivity contribution in [2.75, 3.05) is 19.0 Å². The van der Waals surface area contributed by atoms with Crippen molar-refractivity contribution in [2.24, 2.45) is 0 Å². The molecule has 2 amide bonds. The lowest BCUT2D eigenvalue weighted by molar-refractivity contribution is 0.190. The van der Waals surface area contributed by atoms with Crippen molar-refractivity contribution in [3.63, 3.8) is 0 Å². The van der Waals surface area contributed by atoms with Crippen molar-refractivity contribution in [1.82, 2.24) is 14.5 Å². The molecule has 0 spiro atoms. The number of methoxy groups -OCH3 is 1. The molecule has 0 aliphatic rings. The number of benzene rings is 4. The minimum absolute atomic E-state index is 0.201. The summed E-state index contributed by atoms with van der Waals surface area (Å²) in [6, 6.07) is 31.2. The fourth-order valence-electron chi connectivity index (χ4n) is 4.68. The molecule has 0 radical (unpaired) electrons. The Balaban J connectivity index is 1.60. The fraction of sp³-hybridized carbons (Fsp3) is 0.156. The number of carbonyl (C=O) groups excluding carboxylic acids is 1. The highest BCUT2D eigenvalue weighted by atomic mass is 79.9. The molecule has 1 heterocycles. The number of carbonyl (C=O) groups is 1. The molecule has 1 unspecified atom stereocenters. The molecule has 7 nitrogen and oxygen atoms in total. The lowest BCUT2D eigenvalue weighted by Crippen LogP contribution is -2.41. The van der Waals surface area contributed by atoms with Gasteiger partial charge in [-0.2, -0.15) is 0 Å². The quantitative estimate of drug-likeness (QED) is 0.209. The van der Waals surface area contributed by atoms with Gasteiger partial charge in [-0.1, -0.05) is 64.5 Å². The van der Waals surface area contributed by atoms with Crippen LogP contribution in [0.4, 0.5) is 10.5 Å². The van der Waals surface area contributed by atoms with Crippen molar-refractivity contribution < 1.29 is 9.53 Å². The Hall–Kier alpha value is -4.43. The van der Waals surface area contributed by atoms with Crippen LogP contribution in [-0.2, 0) is 6.42 Å². The lowest BCUT2D eigenvalue weighted by Gasteiger charge is -2.31. The zero-order valence-electron chi connectivity index (χ0n) is 22.3. The molecule has 1 N–H and O–H groups in total. The maximum Gasteiger partial charge on any atom is 0.322 e. The summed E-state index contributed by atoms with van der Waals surface area (Å²) < 4.78 is 7.78. The van der Waals surface area contributed by atoms with E-state index in [-0.39, 0.29) is 11.6 Å². The molecule has 0 aliphatic carbocycles. The van der Waals surface area contributed by atoms with E-state index in [2.05, 4.69) is 21.2 Å². The highest BCUT2D eigenvalue weighted by Crippen LogP contribution is 2.26. The molecule has 40 heavy (non-hydrogen) atoms. The van der Waals surface area contributed by atoms with Gasteiger partial charge in [0, 0.05) is 16.7 Å². The second kappa shape index (κ2) is 12.2. The Bertz CT molecular complexity index is 1690. The maximum atomic E-state index is 13.9. The largest absolute Gasteiger partial charge is 0.497 e. The zero-order valence-corrected chi connectivity index (χ0v) is 23.8. The number of hydrogen-bond acceptors (Lipinski definition) is 4. The van der Waals surface area contributed by atoms with Crippen LogP contribution in [0.1, 0.15) is 24.4 Å². The van der Waals surface area contributed by atoms with Crippen LogP contribution in [0.25, 0.3) is 16.6 Å². The molecule has 0 aliphatic heterocycles. The van der Waals surface area contributed by atoms with Crippen molar-refractivity contribution in [1.29, 1.82) is 0 Å². The molecule has 8 heteroatoms. The predicted molar refractivity (Wildman–Crippen MR) is 162 cm³/mol. The third-order valence-corrected chi connectivity index (χ3v) is 7.29. The SMILES string of the molecule is COc1ccc(-n2c(C(C)N(CCc3ccccc3)C(=O)Nc3cccc(Br)c3)nc3ccccc3c2=O)cc1. The van der Waals surface area contributed by atoms with E-state index < -0.39 is 6.04 Å². The Labute approximate surface area is 241 Å². The Morgan fingerprint density at radius 3 is 2.42 bits per heavy atom. The van der Waals surface area contributed by atoms with Crippen molar-refractivity contribution in [3.05, 3.63) is 129 Å². The minimum atomic E-state index is -0.546. The third-order valence-electron chi connectivity index (χ3n) is 6.79. The van der Waals surface area contributed by atoms with Crippen LogP contribution in [0.2, 0.25) is 0 Å². The van der Waals surface area contributed by atoms with Crippen molar-refractivity contribution in [2.45, 2.75) is 19.4 Å². The first-order valence-electron chi connectivity index (χ1n) is 13.0. The average Bonchev–Trinajstić information content (AvgIpc) is 2.98. The summed E-state index contributed by atoms with van der Waals surface area (Å²) in [5.41, 5.74) is 2.79. The molecule has 4 aromatic carbocycles. The first kappa shape index (κ1) is 27.1. The van der Waals surface area contributed by atoms with Crippen LogP contribution in [0, 0.1) is 0 Å². The maximum absolute atomic E-state index is 13.9. The molecule has 0 saturated carbocycles. The summed E-state index contributed by atoms with van der Waals surface area (Å²) in [6.45, 7) is 2.32. The van der Waals surface area contributed by atoms with Crippen LogP contribution in [0.3, 0.4) is 0 Å². The van der Waals surface area contributed by atoms with E-state index in [1.807, 2.05) is 91.9 Å². The van der Waals surface area contributed by atoms with Crippen LogP contribution in [0.5, 0.6) is 5.75 Å². The van der Waals surface area contributed by atoms with Crippen LogP contribution in [-0.4, -0.2) is 34.1 Å². The summed E-state index contributed by atoms with van der Waals surface area (Å²) in [4.78, 5) is 34.3. The number of fused-ring (bicyclic) bond motifs is 1. The third kappa shape index (κ3) is 5.92. The van der Waals surface area contributed by atoms with Gasteiger partial charge in [-0.05, 0) is 73.5 Å². The van der Waals surface area contributed by atoms with Gasteiger partial charge in [0.25, 0.3) is 5.56 Å². The molecule has 0 saturated heterocycles. The molecule has 0 bridgehead atoms. The number of aromatic nitrogens is 2. The molecule has 5 aromatic rings. The summed E-state index contributed by atoms with van der Waals surface area (Å²) in [5.74, 6) is 1.14. The van der Waals surface area contributed by atoms with Crippen molar-refractivity contribution >= 4 is 38.6 Å². The first-order chi connectivity index (χ1) is 19.4. The van der Waals surface area contributed by atoms with Crippen LogP contribution in [0.15, 0.2) is 112 Å². The molecule has 5 rings (SSSR count). The number of anilines is 1. The minimum Gasteiger partial charge on any atom is -0.497 e. The van der Waals surface area contributed by atoms with Gasteiger partial charge < -0.3 is 15.0 Å². The van der Waals surface area contributed by atoms with Gasteiger partial charge in [-0.3, -0.25) is 9.36 Å². The molecule has 1 aromatic heterocycles. The molecule has 202 valence electrons. The average molecular weight is 598 g/mol. The fourth-order valence-corrected chi connectivity index (χ4v) is 5.08. The topological polar surface area (TPSA) is 76.5 Å². The van der Waals surface area contributed by atoms with Gasteiger partial charge in [0.1, 0.15) is 11.6 Å². The van der Waals surface area contributed by atoms with Crippen molar-refractivity contribution in [3.8, 4) is 11.4 Å². The number of ether oxygens (including phenoxy) is 1. The Morgan fingerprint density at radius 2 is 1.70 bits per heavy atom. The molecular weight excluding hydrogens is 568 g/mol. The predicted octanol–water partition coefficient (Wildman–Crippen LogP) is 6.99. The smallest absolute Gasteiger partial charge is 0.322 e. The van der Waals surface area contributed by atoms with Gasteiger partial charge in [0.15, 0.2) is 0 Å². The van der Waals surface area contributed by atoms with E-state index in [1.54, 1.807) is 34.8 Å². The number of amides is 2. The van der Waals surface area contributed by atoms with E-state index in [9.17, 15) is 9.59 Å². The number of hydrogen-bond donors (Lipinski definition) is 1. The molecular formula is C32H29BrN4O3. The van der Waals surface area contributed by atoms with E-state index >= 15 is 0 Å². The Kier molecular flexibility index (Phi) is 8.26. The van der Waals surface area contributed by atoms with Gasteiger partial charge in [-0.25, -0.2) is 9.78 Å². The second-order valence-corrected chi connectivity index (χ2v) is 10.3. The number of rotatable bonds is 8. The van der Waals surface area contributed by atoms with Crippen LogP contribution >= 0.6 is 15.9 Å². The zero-order chi connectivity index (χ0) is 28.1. The van der Waals surface area contributed by atoms with Gasteiger partial charge >= 0.3 is 6.03 Å². The number of nitrogens with zero attached hydrogens (tertiary/aromatic N) is 3. The number of para-hydroxylation sites is 1. The highest BCUT2D eigenvalue weighted by Gasteiger charge is 2.27. The summed E-state index contributed by atoms with van der Waals surface area (Å²) in [5, 5.41) is 3.52. The number of urea groups is 1. The summed E-state index contributed by atoms with van der Waals surface area (Å²) >= 11 is 3.47. The Morgan fingerprint density at radius 1 is 0.975 bits per heavy atom. The number of halogens is 1. The molecule has 0 fully saturated rings. The van der Waals surface area contributed by atoms with E-state index in [4.69, 9.17) is 9.72 Å². The molecule has 1 atom stereocenters. The monoisotopic (exact) mass is 596 g/mol. The first-order valence-corrected chi connectivity index (χ1v) is 13.8. The summed E-state index contributed by atoms with van der Waals surface area (Å²) in [7, 11) is 1.60. The standard InChI is InChI=1S/C32H29BrN4O3/c1-22(36(20-19-23-9-4-3-5-10-23)32(39)34-25-12-8-11-24(33)21-25)30-35-29-14-7-6-13-28(29)31(38)37(30)26-15-17-27(40-2)18-16-26/h3-18,21-22H,19-20H2,1-2H3,(H,34,39). The van der Waals surface area contributed by atoms with E-state index in [0.717, 1.165) is 10.0 Å². The number of nitrogens with one attached hydrogen (secondary N) is 1. The normalized spacial score (nSPS) is 11.7. The highest BCUT2D eigenvalue weighted by molar-refractivity contribution is 9.10.